The molecule has 14 heavy (non-hydrogen) atoms. The maximum Gasteiger partial charge on any atom is 0.323 e. The van der Waals surface area contributed by atoms with Crippen LogP contribution in [0.2, 0.25) is 0 Å². The molecule has 2 rings (SSSR count). The van der Waals surface area contributed by atoms with Crippen LogP contribution in [0.4, 0.5) is 5.82 Å². The zero-order valence-electron chi connectivity index (χ0n) is 7.21. The lowest BCUT2D eigenvalue weighted by Gasteiger charge is -1.99. The number of rotatable bonds is 2. The van der Waals surface area contributed by atoms with Gasteiger partial charge >= 0.3 is 5.97 Å². The third-order valence-electron chi connectivity index (χ3n) is 1.89. The zero-order valence-corrected chi connectivity index (χ0v) is 7.21. The highest BCUT2D eigenvalue weighted by Gasteiger charge is 2.07. The summed E-state index contributed by atoms with van der Waals surface area (Å²) in [6.07, 6.45) is 2.94. The van der Waals surface area contributed by atoms with Crippen LogP contribution < -0.4 is 5.73 Å². The van der Waals surface area contributed by atoms with Crippen LogP contribution in [0.1, 0.15) is 0 Å². The molecule has 6 heteroatoms. The van der Waals surface area contributed by atoms with E-state index in [0.717, 1.165) is 0 Å². The summed E-state index contributed by atoms with van der Waals surface area (Å²) in [5.41, 5.74) is 6.13. The number of carboxylic acids is 1. The molecule has 0 atom stereocenters. The Morgan fingerprint density at radius 1 is 1.57 bits per heavy atom. The van der Waals surface area contributed by atoms with Crippen molar-refractivity contribution in [1.29, 1.82) is 0 Å². The largest absolute Gasteiger partial charge is 0.480 e. The predicted molar refractivity (Wildman–Crippen MR) is 49.6 cm³/mol. The molecule has 0 spiro atoms. The molecule has 0 aliphatic carbocycles. The molecule has 2 aromatic rings. The molecule has 2 aromatic heterocycles. The van der Waals surface area contributed by atoms with E-state index < -0.39 is 5.97 Å². The molecule has 0 saturated heterocycles. The number of nitrogens with two attached hydrogens (primary N) is 1. The Labute approximate surface area is 79.0 Å². The van der Waals surface area contributed by atoms with E-state index in [4.69, 9.17) is 10.8 Å². The molecule has 0 aliphatic heterocycles. The van der Waals surface area contributed by atoms with Crippen molar-refractivity contribution >= 4 is 22.8 Å². The number of carboxylic acid groups (broad SMARTS) is 1. The number of carbonyl (C=O) groups is 1. The highest BCUT2D eigenvalue weighted by atomic mass is 16.4. The Morgan fingerprint density at radius 2 is 2.36 bits per heavy atom. The van der Waals surface area contributed by atoms with Crippen LogP contribution in [0.5, 0.6) is 0 Å². The number of aromatic nitrogens is 3. The SMILES string of the molecule is Nc1ncnc2c1ccn2CC(=O)O. The van der Waals surface area contributed by atoms with Crippen LogP contribution in [0.25, 0.3) is 11.0 Å². The topological polar surface area (TPSA) is 94.0 Å². The molecule has 0 radical (unpaired) electrons. The summed E-state index contributed by atoms with van der Waals surface area (Å²) < 4.78 is 1.51. The number of hydrogen-bond acceptors (Lipinski definition) is 4. The van der Waals surface area contributed by atoms with Crippen molar-refractivity contribution in [3.05, 3.63) is 18.6 Å². The van der Waals surface area contributed by atoms with Crippen LogP contribution in [0.3, 0.4) is 0 Å². The maximum atomic E-state index is 10.5. The van der Waals surface area contributed by atoms with E-state index in [1.807, 2.05) is 0 Å². The second-order valence-corrected chi connectivity index (χ2v) is 2.83. The molecule has 0 bridgehead atoms. The minimum Gasteiger partial charge on any atom is -0.480 e. The van der Waals surface area contributed by atoms with Gasteiger partial charge in [-0.3, -0.25) is 4.79 Å². The van der Waals surface area contributed by atoms with E-state index in [1.165, 1.54) is 10.9 Å². The van der Waals surface area contributed by atoms with Crippen LogP contribution in [0, 0.1) is 0 Å². The van der Waals surface area contributed by atoms with Gasteiger partial charge in [0.25, 0.3) is 0 Å². The van der Waals surface area contributed by atoms with Crippen LogP contribution in [-0.4, -0.2) is 25.6 Å². The first kappa shape index (κ1) is 8.49. The van der Waals surface area contributed by atoms with E-state index in [0.29, 0.717) is 16.9 Å². The van der Waals surface area contributed by atoms with E-state index in [9.17, 15) is 4.79 Å². The molecule has 72 valence electrons. The minimum atomic E-state index is -0.917. The predicted octanol–water partition coefficient (Wildman–Crippen LogP) is 0.0981. The molecule has 0 aromatic carbocycles. The third-order valence-corrected chi connectivity index (χ3v) is 1.89. The number of nitrogens with zero attached hydrogens (tertiary/aromatic N) is 3. The normalized spacial score (nSPS) is 10.6. The lowest BCUT2D eigenvalue weighted by molar-refractivity contribution is -0.137. The molecule has 3 N–H and O–H groups in total. The van der Waals surface area contributed by atoms with Gasteiger partial charge in [0.2, 0.25) is 0 Å². The summed E-state index contributed by atoms with van der Waals surface area (Å²) in [4.78, 5) is 18.3. The maximum absolute atomic E-state index is 10.5. The van der Waals surface area contributed by atoms with Crippen molar-refractivity contribution < 1.29 is 9.90 Å². The number of fused-ring (bicyclic) bond motifs is 1. The highest BCUT2D eigenvalue weighted by molar-refractivity contribution is 5.86. The second kappa shape index (κ2) is 2.99. The van der Waals surface area contributed by atoms with Gasteiger partial charge < -0.3 is 15.4 Å². The van der Waals surface area contributed by atoms with E-state index >= 15 is 0 Å². The molecule has 0 fully saturated rings. The van der Waals surface area contributed by atoms with Crippen molar-refractivity contribution in [2.75, 3.05) is 5.73 Å². The molecule has 0 amide bonds. The molecule has 0 aliphatic rings. The van der Waals surface area contributed by atoms with Gasteiger partial charge in [0.05, 0.1) is 5.39 Å². The minimum absolute atomic E-state index is 0.125. The summed E-state index contributed by atoms with van der Waals surface area (Å²) in [6.45, 7) is -0.125. The summed E-state index contributed by atoms with van der Waals surface area (Å²) in [5, 5.41) is 9.29. The van der Waals surface area contributed by atoms with Crippen molar-refractivity contribution in [2.45, 2.75) is 6.54 Å². The fourth-order valence-electron chi connectivity index (χ4n) is 1.30. The van der Waals surface area contributed by atoms with Gasteiger partial charge in [-0.05, 0) is 6.07 Å². The monoisotopic (exact) mass is 192 g/mol. The van der Waals surface area contributed by atoms with Gasteiger partial charge in [0, 0.05) is 6.20 Å². The van der Waals surface area contributed by atoms with Crippen molar-refractivity contribution in [3.63, 3.8) is 0 Å². The number of aliphatic carboxylic acids is 1. The van der Waals surface area contributed by atoms with Gasteiger partial charge in [0.15, 0.2) is 0 Å². The van der Waals surface area contributed by atoms with Gasteiger partial charge in [0.1, 0.15) is 24.3 Å². The van der Waals surface area contributed by atoms with Crippen LogP contribution in [0.15, 0.2) is 18.6 Å². The molecule has 0 saturated carbocycles. The van der Waals surface area contributed by atoms with Gasteiger partial charge in [-0.25, -0.2) is 9.97 Å². The summed E-state index contributed by atoms with van der Waals surface area (Å²) in [7, 11) is 0. The Morgan fingerprint density at radius 3 is 3.07 bits per heavy atom. The third kappa shape index (κ3) is 1.26. The number of hydrogen-bond donors (Lipinski definition) is 2. The molecular weight excluding hydrogens is 184 g/mol. The fourth-order valence-corrected chi connectivity index (χ4v) is 1.30. The number of nitrogen functional groups attached to an aromatic ring is 1. The Kier molecular flexibility index (Phi) is 1.81. The van der Waals surface area contributed by atoms with Crippen LogP contribution >= 0.6 is 0 Å². The van der Waals surface area contributed by atoms with Crippen molar-refractivity contribution in [2.24, 2.45) is 0 Å². The number of anilines is 1. The Hall–Kier alpha value is -2.11. The van der Waals surface area contributed by atoms with Gasteiger partial charge in [-0.1, -0.05) is 0 Å². The zero-order chi connectivity index (χ0) is 10.1. The fraction of sp³-hybridized carbons (Fsp3) is 0.125. The standard InChI is InChI=1S/C8H8N4O2/c9-7-5-1-2-12(3-6(13)14)8(5)11-4-10-7/h1-2,4H,3H2,(H,13,14)(H2,9,10,11). The molecular formula is C8H8N4O2. The first-order valence-corrected chi connectivity index (χ1v) is 3.95. The first-order valence-electron chi connectivity index (χ1n) is 3.95. The first-order chi connectivity index (χ1) is 6.68. The second-order valence-electron chi connectivity index (χ2n) is 2.83. The Balaban J connectivity index is 2.58. The summed E-state index contributed by atoms with van der Waals surface area (Å²) in [5.74, 6) is -0.557. The molecule has 2 heterocycles. The Bertz CT molecular complexity index is 491. The van der Waals surface area contributed by atoms with E-state index in [2.05, 4.69) is 9.97 Å². The van der Waals surface area contributed by atoms with E-state index in [1.54, 1.807) is 12.3 Å². The van der Waals surface area contributed by atoms with Gasteiger partial charge in [-0.2, -0.15) is 0 Å². The van der Waals surface area contributed by atoms with E-state index in [-0.39, 0.29) is 6.54 Å². The van der Waals surface area contributed by atoms with Gasteiger partial charge in [-0.15, -0.1) is 0 Å². The van der Waals surface area contributed by atoms with Crippen molar-refractivity contribution in [1.82, 2.24) is 14.5 Å². The average molecular weight is 192 g/mol. The smallest absolute Gasteiger partial charge is 0.323 e. The quantitative estimate of drug-likeness (QED) is 0.703. The van der Waals surface area contributed by atoms with Crippen molar-refractivity contribution in [3.8, 4) is 0 Å². The van der Waals surface area contributed by atoms with Crippen LogP contribution in [-0.2, 0) is 11.3 Å². The highest BCUT2D eigenvalue weighted by Crippen LogP contribution is 2.16. The lowest BCUT2D eigenvalue weighted by atomic mass is 10.4. The lowest BCUT2D eigenvalue weighted by Crippen LogP contribution is -2.08. The summed E-state index contributed by atoms with van der Waals surface area (Å²) in [6, 6.07) is 1.70. The molecule has 0 unspecified atom stereocenters. The average Bonchev–Trinajstić information content (AvgIpc) is 2.49. The molecule has 6 nitrogen and oxygen atoms in total. The summed E-state index contributed by atoms with van der Waals surface area (Å²) >= 11 is 0.